The molecule has 1 N–H and O–H groups in total. The summed E-state index contributed by atoms with van der Waals surface area (Å²) in [7, 11) is 1.31. The number of methoxy groups -OCH3 is 1. The van der Waals surface area contributed by atoms with Crippen LogP contribution >= 0.6 is 11.3 Å². The van der Waals surface area contributed by atoms with Crippen molar-refractivity contribution in [2.45, 2.75) is 6.54 Å². The van der Waals surface area contributed by atoms with Crippen molar-refractivity contribution in [3.8, 4) is 0 Å². The molecule has 1 aromatic heterocycles. The van der Waals surface area contributed by atoms with Crippen LogP contribution in [0.2, 0.25) is 0 Å². The molecule has 0 spiro atoms. The predicted octanol–water partition coefficient (Wildman–Crippen LogP) is 2.58. The standard InChI is InChI=1S/C18H14N2O4S/c1-24-18(23)12-8-6-11(7-9-12)10-19-16(22)15(21)17-20-13-4-2-3-5-14(13)25-17/h2-9H,10H2,1H3,(H,19,22). The maximum Gasteiger partial charge on any atom is 0.337 e. The van der Waals surface area contributed by atoms with Crippen molar-refractivity contribution in [3.63, 3.8) is 0 Å². The quantitative estimate of drug-likeness (QED) is 0.432. The minimum absolute atomic E-state index is 0.166. The molecule has 0 aliphatic carbocycles. The number of fused-ring (bicyclic) bond motifs is 1. The van der Waals surface area contributed by atoms with E-state index in [1.165, 1.54) is 18.4 Å². The minimum Gasteiger partial charge on any atom is -0.465 e. The van der Waals surface area contributed by atoms with Crippen LogP contribution in [-0.4, -0.2) is 29.8 Å². The molecule has 25 heavy (non-hydrogen) atoms. The van der Waals surface area contributed by atoms with Gasteiger partial charge in [0.25, 0.3) is 11.7 Å². The molecular formula is C18H14N2O4S. The first-order chi connectivity index (χ1) is 12.1. The fourth-order valence-corrected chi connectivity index (χ4v) is 3.11. The maximum atomic E-state index is 12.2. The highest BCUT2D eigenvalue weighted by molar-refractivity contribution is 7.20. The van der Waals surface area contributed by atoms with Crippen LogP contribution in [0.5, 0.6) is 0 Å². The molecule has 1 heterocycles. The molecule has 0 aliphatic heterocycles. The van der Waals surface area contributed by atoms with Gasteiger partial charge in [-0.25, -0.2) is 9.78 Å². The van der Waals surface area contributed by atoms with E-state index in [0.29, 0.717) is 11.1 Å². The number of thiazole rings is 1. The molecule has 0 bridgehead atoms. The molecule has 1 amide bonds. The molecule has 3 rings (SSSR count). The fourth-order valence-electron chi connectivity index (χ4n) is 2.21. The predicted molar refractivity (Wildman–Crippen MR) is 93.6 cm³/mol. The van der Waals surface area contributed by atoms with Crippen LogP contribution in [0.25, 0.3) is 10.2 Å². The van der Waals surface area contributed by atoms with Gasteiger partial charge in [-0.1, -0.05) is 24.3 Å². The van der Waals surface area contributed by atoms with Gasteiger partial charge in [0, 0.05) is 6.54 Å². The van der Waals surface area contributed by atoms with Crippen molar-refractivity contribution in [3.05, 3.63) is 64.7 Å². The van der Waals surface area contributed by atoms with Crippen molar-refractivity contribution in [2.75, 3.05) is 7.11 Å². The van der Waals surface area contributed by atoms with E-state index in [1.54, 1.807) is 30.3 Å². The summed E-state index contributed by atoms with van der Waals surface area (Å²) >= 11 is 1.19. The number of nitrogens with one attached hydrogen (secondary N) is 1. The van der Waals surface area contributed by atoms with Gasteiger partial charge >= 0.3 is 5.97 Å². The molecule has 2 aromatic carbocycles. The summed E-state index contributed by atoms with van der Waals surface area (Å²) in [4.78, 5) is 39.8. The minimum atomic E-state index is -0.712. The van der Waals surface area contributed by atoms with E-state index in [9.17, 15) is 14.4 Å². The molecular weight excluding hydrogens is 340 g/mol. The molecule has 0 saturated heterocycles. The van der Waals surface area contributed by atoms with Gasteiger partial charge < -0.3 is 10.1 Å². The lowest BCUT2D eigenvalue weighted by atomic mass is 10.1. The molecule has 0 aliphatic rings. The highest BCUT2D eigenvalue weighted by Gasteiger charge is 2.20. The van der Waals surface area contributed by atoms with Crippen LogP contribution in [0, 0.1) is 0 Å². The zero-order valence-corrected chi connectivity index (χ0v) is 14.1. The smallest absolute Gasteiger partial charge is 0.337 e. The maximum absolute atomic E-state index is 12.2. The second-order valence-corrected chi connectivity index (χ2v) is 6.22. The summed E-state index contributed by atoms with van der Waals surface area (Å²) in [5.41, 5.74) is 1.88. The van der Waals surface area contributed by atoms with Crippen molar-refractivity contribution in [1.29, 1.82) is 0 Å². The van der Waals surface area contributed by atoms with Crippen LogP contribution in [0.3, 0.4) is 0 Å². The first-order valence-corrected chi connectivity index (χ1v) is 8.25. The number of carbonyl (C=O) groups excluding carboxylic acids is 3. The zero-order chi connectivity index (χ0) is 17.8. The van der Waals surface area contributed by atoms with Gasteiger partial charge in [-0.2, -0.15) is 0 Å². The van der Waals surface area contributed by atoms with E-state index in [4.69, 9.17) is 0 Å². The molecule has 0 unspecified atom stereocenters. The van der Waals surface area contributed by atoms with Crippen LogP contribution in [0.1, 0.15) is 25.7 Å². The topological polar surface area (TPSA) is 85.4 Å². The third kappa shape index (κ3) is 3.72. The highest BCUT2D eigenvalue weighted by Crippen LogP contribution is 2.21. The number of para-hydroxylation sites is 1. The number of aromatic nitrogens is 1. The monoisotopic (exact) mass is 354 g/mol. The van der Waals surface area contributed by atoms with Gasteiger partial charge in [0.2, 0.25) is 0 Å². The third-order valence-corrected chi connectivity index (χ3v) is 4.56. The zero-order valence-electron chi connectivity index (χ0n) is 13.3. The summed E-state index contributed by atoms with van der Waals surface area (Å²) in [5, 5.41) is 2.73. The van der Waals surface area contributed by atoms with E-state index >= 15 is 0 Å². The van der Waals surface area contributed by atoms with Gasteiger partial charge in [-0.3, -0.25) is 9.59 Å². The van der Waals surface area contributed by atoms with Crippen LogP contribution in [0.15, 0.2) is 48.5 Å². The van der Waals surface area contributed by atoms with Gasteiger partial charge in [-0.05, 0) is 29.8 Å². The van der Waals surface area contributed by atoms with E-state index in [1.807, 2.05) is 18.2 Å². The van der Waals surface area contributed by atoms with Crippen molar-refractivity contribution in [1.82, 2.24) is 10.3 Å². The number of rotatable bonds is 5. The number of ether oxygens (including phenoxy) is 1. The Hall–Kier alpha value is -3.06. The molecule has 0 saturated carbocycles. The van der Waals surface area contributed by atoms with E-state index in [0.717, 1.165) is 10.3 Å². The van der Waals surface area contributed by atoms with Gasteiger partial charge in [0.05, 0.1) is 22.9 Å². The number of esters is 1. The Bertz CT molecular complexity index is 914. The second-order valence-electron chi connectivity index (χ2n) is 5.19. The van der Waals surface area contributed by atoms with Crippen LogP contribution in [0.4, 0.5) is 0 Å². The van der Waals surface area contributed by atoms with Crippen molar-refractivity contribution >= 4 is 39.2 Å². The molecule has 7 heteroatoms. The van der Waals surface area contributed by atoms with Crippen molar-refractivity contribution in [2.24, 2.45) is 0 Å². The Kier molecular flexibility index (Phi) is 4.85. The van der Waals surface area contributed by atoms with E-state index in [-0.39, 0.29) is 11.6 Å². The molecule has 3 aromatic rings. The first-order valence-electron chi connectivity index (χ1n) is 7.44. The average Bonchev–Trinajstić information content (AvgIpc) is 3.09. The first kappa shape index (κ1) is 16.8. The largest absolute Gasteiger partial charge is 0.465 e. The number of Topliss-reactive ketones (excluding diaryl/α,β-unsaturated/α-hetero) is 1. The van der Waals surface area contributed by atoms with E-state index in [2.05, 4.69) is 15.0 Å². The number of hydrogen-bond acceptors (Lipinski definition) is 6. The fraction of sp³-hybridized carbons (Fsp3) is 0.111. The molecule has 6 nitrogen and oxygen atoms in total. The van der Waals surface area contributed by atoms with Gasteiger partial charge in [0.15, 0.2) is 5.01 Å². The summed E-state index contributed by atoms with van der Waals surface area (Å²) in [5.74, 6) is -1.80. The molecule has 0 radical (unpaired) electrons. The summed E-state index contributed by atoms with van der Waals surface area (Å²) in [6, 6.07) is 13.9. The van der Waals surface area contributed by atoms with Crippen LogP contribution < -0.4 is 5.32 Å². The van der Waals surface area contributed by atoms with Gasteiger partial charge in [-0.15, -0.1) is 11.3 Å². The lowest BCUT2D eigenvalue weighted by molar-refractivity contribution is -0.117. The molecule has 0 fully saturated rings. The Morgan fingerprint density at radius 3 is 2.48 bits per heavy atom. The Morgan fingerprint density at radius 2 is 1.80 bits per heavy atom. The lowest BCUT2D eigenvalue weighted by Crippen LogP contribution is -2.30. The number of hydrogen-bond donors (Lipinski definition) is 1. The third-order valence-electron chi connectivity index (χ3n) is 3.52. The lowest BCUT2D eigenvalue weighted by Gasteiger charge is -2.04. The molecule has 126 valence electrons. The normalized spacial score (nSPS) is 10.4. The highest BCUT2D eigenvalue weighted by atomic mass is 32.1. The Morgan fingerprint density at radius 1 is 1.08 bits per heavy atom. The summed E-state index contributed by atoms with van der Waals surface area (Å²) in [6.07, 6.45) is 0. The Labute approximate surface area is 147 Å². The Balaban J connectivity index is 1.63. The van der Waals surface area contributed by atoms with Crippen LogP contribution in [-0.2, 0) is 16.1 Å². The number of ketones is 1. The second kappa shape index (κ2) is 7.23. The average molecular weight is 354 g/mol. The number of carbonyl (C=O) groups is 3. The number of amides is 1. The summed E-state index contributed by atoms with van der Waals surface area (Å²) < 4.78 is 5.48. The SMILES string of the molecule is COC(=O)c1ccc(CNC(=O)C(=O)c2nc3ccccc3s2)cc1. The summed E-state index contributed by atoms with van der Waals surface area (Å²) in [6.45, 7) is 0.178. The number of benzene rings is 2. The van der Waals surface area contributed by atoms with E-state index < -0.39 is 17.7 Å². The molecule has 0 atom stereocenters. The van der Waals surface area contributed by atoms with Gasteiger partial charge in [0.1, 0.15) is 0 Å². The van der Waals surface area contributed by atoms with Crippen molar-refractivity contribution < 1.29 is 19.1 Å². The number of nitrogens with zero attached hydrogens (tertiary/aromatic N) is 1.